The molecule has 1 rings (SSSR count). The number of hydrogen-bond acceptors (Lipinski definition) is 3. The summed E-state index contributed by atoms with van der Waals surface area (Å²) in [6.45, 7) is 5.52. The van der Waals surface area contributed by atoms with Crippen molar-refractivity contribution in [3.63, 3.8) is 0 Å². The largest absolute Gasteiger partial charge is 0.486 e. The van der Waals surface area contributed by atoms with Crippen LogP contribution in [0.5, 0.6) is 5.75 Å². The molecule has 1 aromatic rings. The van der Waals surface area contributed by atoms with Gasteiger partial charge in [-0.05, 0) is 37.8 Å². The molecular formula is C11H13O2S. The molecule has 3 heteroatoms. The molecule has 0 N–H and O–H groups in total. The average Bonchev–Trinajstić information content (AvgIpc) is 2.16. The summed E-state index contributed by atoms with van der Waals surface area (Å²) >= 11 is 1.62. The number of carbonyl (C=O) groups is 1. The van der Waals surface area contributed by atoms with Crippen LogP contribution in [0.15, 0.2) is 23.1 Å². The topological polar surface area (TPSA) is 26.3 Å². The third-order valence-corrected chi connectivity index (χ3v) is 2.52. The zero-order valence-corrected chi connectivity index (χ0v) is 9.19. The zero-order chi connectivity index (χ0) is 10.6. The normalized spacial score (nSPS) is 9.93. The molecule has 14 heavy (non-hydrogen) atoms. The van der Waals surface area contributed by atoms with Crippen LogP contribution in [-0.4, -0.2) is 18.6 Å². The van der Waals surface area contributed by atoms with Gasteiger partial charge < -0.3 is 4.74 Å². The zero-order valence-electron chi connectivity index (χ0n) is 8.37. The van der Waals surface area contributed by atoms with Crippen molar-refractivity contribution >= 4 is 17.5 Å². The molecule has 0 aliphatic carbocycles. The van der Waals surface area contributed by atoms with E-state index in [0.29, 0.717) is 0 Å². The van der Waals surface area contributed by atoms with Crippen LogP contribution in [0.25, 0.3) is 0 Å². The first-order valence-corrected chi connectivity index (χ1v) is 5.48. The maximum Gasteiger partial charge on any atom is 0.167 e. The minimum absolute atomic E-state index is 0.0226. The summed E-state index contributed by atoms with van der Waals surface area (Å²) in [4.78, 5) is 11.8. The molecule has 2 nitrogen and oxygen atoms in total. The second-order valence-electron chi connectivity index (χ2n) is 2.96. The highest BCUT2D eigenvalue weighted by molar-refractivity contribution is 7.98. The minimum Gasteiger partial charge on any atom is -0.486 e. The first kappa shape index (κ1) is 11.1. The van der Waals surface area contributed by atoms with Gasteiger partial charge in [0, 0.05) is 4.90 Å². The molecule has 0 aliphatic rings. The van der Waals surface area contributed by atoms with Gasteiger partial charge in [-0.3, -0.25) is 4.79 Å². The van der Waals surface area contributed by atoms with E-state index in [4.69, 9.17) is 4.74 Å². The van der Waals surface area contributed by atoms with Gasteiger partial charge in [-0.1, -0.05) is 6.07 Å². The third kappa shape index (κ3) is 3.07. The first-order chi connectivity index (χ1) is 6.63. The third-order valence-electron chi connectivity index (χ3n) is 1.70. The van der Waals surface area contributed by atoms with Crippen molar-refractivity contribution in [1.29, 1.82) is 0 Å². The van der Waals surface area contributed by atoms with E-state index in [1.807, 2.05) is 24.5 Å². The molecule has 0 saturated heterocycles. The second kappa shape index (κ2) is 5.05. The van der Waals surface area contributed by atoms with Crippen LogP contribution >= 0.6 is 11.8 Å². The molecule has 0 saturated carbocycles. The summed E-state index contributed by atoms with van der Waals surface area (Å²) in [5, 5.41) is 0. The lowest BCUT2D eigenvalue weighted by molar-refractivity contribution is -0.118. The summed E-state index contributed by atoms with van der Waals surface area (Å²) in [6.07, 6.45) is 1.98. The molecule has 0 bridgehead atoms. The Hall–Kier alpha value is -0.960. The molecule has 0 aliphatic heterocycles. The highest BCUT2D eigenvalue weighted by atomic mass is 32.2. The minimum atomic E-state index is 0.0226. The number of ketones is 1. The van der Waals surface area contributed by atoms with Crippen LogP contribution in [0.2, 0.25) is 0 Å². The molecule has 1 radical (unpaired) electrons. The molecule has 0 spiro atoms. The van der Waals surface area contributed by atoms with Gasteiger partial charge in [-0.2, -0.15) is 0 Å². The highest BCUT2D eigenvalue weighted by Gasteiger charge is 2.01. The Kier molecular flexibility index (Phi) is 4.01. The van der Waals surface area contributed by atoms with E-state index in [1.165, 1.54) is 6.92 Å². The number of benzene rings is 1. The van der Waals surface area contributed by atoms with Gasteiger partial charge in [-0.15, -0.1) is 11.8 Å². The quantitative estimate of drug-likeness (QED) is 0.713. The van der Waals surface area contributed by atoms with Gasteiger partial charge >= 0.3 is 0 Å². The number of rotatable bonds is 4. The van der Waals surface area contributed by atoms with Crippen molar-refractivity contribution < 1.29 is 9.53 Å². The lowest BCUT2D eigenvalue weighted by Gasteiger charge is -2.07. The maximum atomic E-state index is 10.7. The molecule has 0 amide bonds. The lowest BCUT2D eigenvalue weighted by Crippen LogP contribution is -2.06. The van der Waals surface area contributed by atoms with Gasteiger partial charge in [-0.25, -0.2) is 0 Å². The molecule has 0 aromatic heterocycles. The smallest absolute Gasteiger partial charge is 0.167 e. The first-order valence-electron chi connectivity index (χ1n) is 4.25. The summed E-state index contributed by atoms with van der Waals surface area (Å²) in [6, 6.07) is 5.61. The molecule has 1 aromatic carbocycles. The van der Waals surface area contributed by atoms with E-state index >= 15 is 0 Å². The Labute approximate surface area is 88.7 Å². The van der Waals surface area contributed by atoms with Crippen LogP contribution in [0.4, 0.5) is 0 Å². The molecule has 75 valence electrons. The summed E-state index contributed by atoms with van der Waals surface area (Å²) in [5.41, 5.74) is 0.979. The number of thioether (sulfide) groups is 1. The van der Waals surface area contributed by atoms with Crippen LogP contribution in [0.3, 0.4) is 0 Å². The van der Waals surface area contributed by atoms with Crippen molar-refractivity contribution in [2.45, 2.75) is 11.8 Å². The van der Waals surface area contributed by atoms with E-state index in [0.717, 1.165) is 16.2 Å². The van der Waals surface area contributed by atoms with Crippen molar-refractivity contribution in [3.05, 3.63) is 30.7 Å². The Balaban J connectivity index is 2.74. The van der Waals surface area contributed by atoms with E-state index < -0.39 is 0 Å². The van der Waals surface area contributed by atoms with Crippen molar-refractivity contribution in [3.8, 4) is 5.75 Å². The molecule has 0 unspecified atom stereocenters. The van der Waals surface area contributed by atoms with Gasteiger partial charge in [0.1, 0.15) is 12.4 Å². The van der Waals surface area contributed by atoms with Crippen LogP contribution in [-0.2, 0) is 4.79 Å². The fourth-order valence-corrected chi connectivity index (χ4v) is 1.56. The monoisotopic (exact) mass is 209 g/mol. The summed E-state index contributed by atoms with van der Waals surface area (Å²) < 4.78 is 5.27. The van der Waals surface area contributed by atoms with E-state index in [-0.39, 0.29) is 12.4 Å². The van der Waals surface area contributed by atoms with Crippen molar-refractivity contribution in [1.82, 2.24) is 0 Å². The number of hydrogen-bond donors (Lipinski definition) is 0. The predicted octanol–water partition coefficient (Wildman–Crippen LogP) is 2.56. The number of Topliss-reactive ketones (excluding diaryl/α,β-unsaturated/α-hetero) is 1. The Morgan fingerprint density at radius 3 is 2.86 bits per heavy atom. The standard InChI is InChI=1S/C11H13O2S/c1-8-4-5-10(6-11(8)14-3)13-7-9(2)12/h4-6H,1,7H2,2-3H3. The SMILES string of the molecule is [CH2]c1ccc(OCC(C)=O)cc1SC. The highest BCUT2D eigenvalue weighted by Crippen LogP contribution is 2.24. The number of ether oxygens (including phenoxy) is 1. The Morgan fingerprint density at radius 2 is 2.29 bits per heavy atom. The molecule has 0 atom stereocenters. The average molecular weight is 209 g/mol. The van der Waals surface area contributed by atoms with Crippen LogP contribution < -0.4 is 4.74 Å². The van der Waals surface area contributed by atoms with Crippen molar-refractivity contribution in [2.75, 3.05) is 12.9 Å². The van der Waals surface area contributed by atoms with Gasteiger partial charge in [0.25, 0.3) is 0 Å². The summed E-state index contributed by atoms with van der Waals surface area (Å²) in [7, 11) is 0. The Bertz CT molecular complexity index is 334. The Morgan fingerprint density at radius 1 is 1.57 bits per heavy atom. The summed E-state index contributed by atoms with van der Waals surface area (Å²) in [5.74, 6) is 0.742. The molecular weight excluding hydrogens is 196 g/mol. The van der Waals surface area contributed by atoms with Gasteiger partial charge in [0.2, 0.25) is 0 Å². The van der Waals surface area contributed by atoms with Gasteiger partial charge in [0.15, 0.2) is 5.78 Å². The van der Waals surface area contributed by atoms with Crippen molar-refractivity contribution in [2.24, 2.45) is 0 Å². The lowest BCUT2D eigenvalue weighted by atomic mass is 10.2. The van der Waals surface area contributed by atoms with E-state index in [1.54, 1.807) is 11.8 Å². The van der Waals surface area contributed by atoms with E-state index in [9.17, 15) is 4.79 Å². The molecule has 0 fully saturated rings. The van der Waals surface area contributed by atoms with Crippen LogP contribution in [0.1, 0.15) is 12.5 Å². The fraction of sp³-hybridized carbons (Fsp3) is 0.273. The number of carbonyl (C=O) groups excluding carboxylic acids is 1. The van der Waals surface area contributed by atoms with Crippen LogP contribution in [0, 0.1) is 6.92 Å². The van der Waals surface area contributed by atoms with E-state index in [2.05, 4.69) is 6.92 Å². The predicted molar refractivity (Wildman–Crippen MR) is 58.9 cm³/mol. The maximum absolute atomic E-state index is 10.7. The molecule has 0 heterocycles. The fourth-order valence-electron chi connectivity index (χ4n) is 1.000. The van der Waals surface area contributed by atoms with Gasteiger partial charge in [0.05, 0.1) is 0 Å². The second-order valence-corrected chi connectivity index (χ2v) is 3.81.